The smallest absolute Gasteiger partial charge is 0.171 e. The van der Waals surface area contributed by atoms with Crippen molar-refractivity contribution in [3.8, 4) is 11.5 Å². The zero-order valence-electron chi connectivity index (χ0n) is 27.4. The first-order chi connectivity index (χ1) is 21.7. The van der Waals surface area contributed by atoms with Gasteiger partial charge in [0.1, 0.15) is 46.4 Å². The number of ketones is 2. The highest BCUT2D eigenvalue weighted by molar-refractivity contribution is 6.46. The van der Waals surface area contributed by atoms with Crippen molar-refractivity contribution in [2.75, 3.05) is 13.2 Å². The van der Waals surface area contributed by atoms with E-state index < -0.39 is 10.8 Å². The molecule has 0 aliphatic heterocycles. The Bertz CT molecular complexity index is 1490. The number of hydrogen-bond acceptors (Lipinski definition) is 6. The van der Waals surface area contributed by atoms with E-state index in [1.807, 2.05) is 13.8 Å². The van der Waals surface area contributed by atoms with E-state index in [9.17, 15) is 9.59 Å². The van der Waals surface area contributed by atoms with Gasteiger partial charge in [-0.25, -0.2) is 0 Å². The fourth-order valence-electron chi connectivity index (χ4n) is 7.90. The van der Waals surface area contributed by atoms with E-state index >= 15 is 0 Å². The molecule has 2 fully saturated rings. The zero-order chi connectivity index (χ0) is 33.6. The van der Waals surface area contributed by atoms with Crippen LogP contribution < -0.4 is 20.9 Å². The molecule has 4 aliphatic rings. The van der Waals surface area contributed by atoms with Gasteiger partial charge >= 0.3 is 0 Å². The largest absolute Gasteiger partial charge is 0.484 e. The Hall–Kier alpha value is -1.98. The van der Waals surface area contributed by atoms with E-state index in [0.717, 1.165) is 36.8 Å². The molecule has 8 N–H and O–H groups in total. The molecule has 272 valence electrons. The standard InChI is InChI=1S/2C17H20Cl2N2O2.2ClH.H2O/c2*1-17(10-4-2-3-5-10)7-9-6-11(23-8-12(20)21)14(18)15(19)13(9)16(17)22;;;/h2*6,10H,2-5,7-8H2,1H3,(H3,20,21);2*1H;1H2. The molecule has 0 radical (unpaired) electrons. The predicted octanol–water partition coefficient (Wildman–Crippen LogP) is 8.51. The summed E-state index contributed by atoms with van der Waals surface area (Å²) in [5, 5.41) is 15.5. The van der Waals surface area contributed by atoms with Gasteiger partial charge in [0.25, 0.3) is 0 Å². The lowest BCUT2D eigenvalue weighted by Gasteiger charge is -2.29. The summed E-state index contributed by atoms with van der Waals surface area (Å²) in [5.41, 5.74) is 12.7. The molecule has 4 aliphatic carbocycles. The maximum Gasteiger partial charge on any atom is 0.171 e. The predicted molar refractivity (Wildman–Crippen MR) is 202 cm³/mol. The van der Waals surface area contributed by atoms with Gasteiger partial charge in [-0.15, -0.1) is 24.8 Å². The van der Waals surface area contributed by atoms with Crippen LogP contribution in [0.5, 0.6) is 11.5 Å². The summed E-state index contributed by atoms with van der Waals surface area (Å²) in [5.74, 6) is 1.59. The SMILES string of the molecule is CC1(C2CCCC2)Cc2cc(OCC(=N)N)c(Cl)c(Cl)c2C1=O.CC1(C2CCCC2)Cc2cc(OCC(=N)N)c(Cl)c(Cl)c2C1=O.Cl.Cl.O. The fraction of sp³-hybridized carbons (Fsp3) is 0.529. The lowest BCUT2D eigenvalue weighted by Crippen LogP contribution is -2.32. The van der Waals surface area contributed by atoms with Crippen molar-refractivity contribution >= 4 is 94.5 Å². The third kappa shape index (κ3) is 8.24. The van der Waals surface area contributed by atoms with Crippen LogP contribution in [0.1, 0.15) is 97.1 Å². The van der Waals surface area contributed by atoms with Gasteiger partial charge < -0.3 is 26.4 Å². The van der Waals surface area contributed by atoms with Crippen molar-refractivity contribution in [1.29, 1.82) is 10.8 Å². The number of benzene rings is 2. The Kier molecular flexibility index (Phi) is 15.0. The average molecular weight is 801 g/mol. The number of rotatable bonds is 8. The van der Waals surface area contributed by atoms with Crippen LogP contribution in [0.25, 0.3) is 0 Å². The summed E-state index contributed by atoms with van der Waals surface area (Å²) in [7, 11) is 0. The van der Waals surface area contributed by atoms with E-state index in [-0.39, 0.29) is 86.8 Å². The number of carbonyl (C=O) groups is 2. The van der Waals surface area contributed by atoms with Gasteiger partial charge in [-0.2, -0.15) is 0 Å². The molecular formula is C34H44Cl6N4O5. The van der Waals surface area contributed by atoms with Crippen molar-refractivity contribution < 1.29 is 24.5 Å². The molecule has 0 aromatic heterocycles. The maximum absolute atomic E-state index is 13.0. The lowest BCUT2D eigenvalue weighted by molar-refractivity contribution is 0.0738. The van der Waals surface area contributed by atoms with Crippen LogP contribution in [-0.4, -0.2) is 41.9 Å². The van der Waals surface area contributed by atoms with Gasteiger partial charge in [-0.05, 0) is 73.6 Å². The molecule has 49 heavy (non-hydrogen) atoms. The minimum absolute atomic E-state index is 0. The second kappa shape index (κ2) is 17.0. The molecule has 0 spiro atoms. The number of nitrogens with two attached hydrogens (primary N) is 2. The Balaban J connectivity index is 0.000000321. The molecule has 6 rings (SSSR count). The molecular weight excluding hydrogens is 757 g/mol. The highest BCUT2D eigenvalue weighted by atomic mass is 35.5. The number of amidine groups is 2. The molecule has 0 amide bonds. The second-order valence-electron chi connectivity index (χ2n) is 13.5. The van der Waals surface area contributed by atoms with Crippen molar-refractivity contribution in [3.05, 3.63) is 54.5 Å². The summed E-state index contributed by atoms with van der Waals surface area (Å²) in [4.78, 5) is 26.0. The molecule has 2 aromatic rings. The van der Waals surface area contributed by atoms with Gasteiger partial charge in [0, 0.05) is 22.0 Å². The van der Waals surface area contributed by atoms with Crippen LogP contribution in [0.3, 0.4) is 0 Å². The van der Waals surface area contributed by atoms with Crippen LogP contribution >= 0.6 is 71.2 Å². The number of carbonyl (C=O) groups excluding carboxylic acids is 2. The minimum Gasteiger partial charge on any atom is -0.484 e. The van der Waals surface area contributed by atoms with E-state index in [4.69, 9.17) is 78.2 Å². The van der Waals surface area contributed by atoms with Crippen molar-refractivity contribution in [2.45, 2.75) is 78.1 Å². The van der Waals surface area contributed by atoms with Crippen LogP contribution in [0, 0.1) is 33.5 Å². The van der Waals surface area contributed by atoms with Gasteiger partial charge in [0.15, 0.2) is 11.6 Å². The van der Waals surface area contributed by atoms with Crippen LogP contribution in [-0.2, 0) is 12.8 Å². The quantitative estimate of drug-likeness (QED) is 0.153. The van der Waals surface area contributed by atoms with E-state index in [1.54, 1.807) is 12.1 Å². The highest BCUT2D eigenvalue weighted by Crippen LogP contribution is 2.54. The van der Waals surface area contributed by atoms with Gasteiger partial charge in [0.2, 0.25) is 0 Å². The molecule has 2 atom stereocenters. The van der Waals surface area contributed by atoms with Gasteiger partial charge in [0.05, 0.1) is 10.0 Å². The maximum atomic E-state index is 13.0. The third-order valence-corrected chi connectivity index (χ3v) is 12.1. The van der Waals surface area contributed by atoms with Crippen LogP contribution in [0.4, 0.5) is 0 Å². The molecule has 15 heteroatoms. The summed E-state index contributed by atoms with van der Waals surface area (Å²) >= 11 is 25.3. The average Bonchev–Trinajstić information content (AvgIpc) is 3.81. The van der Waals surface area contributed by atoms with Crippen molar-refractivity contribution in [1.82, 2.24) is 0 Å². The summed E-state index contributed by atoms with van der Waals surface area (Å²) < 4.78 is 10.9. The Morgan fingerprint density at radius 3 is 1.29 bits per heavy atom. The molecule has 0 saturated heterocycles. The number of ether oxygens (including phenoxy) is 2. The number of hydrogen-bond donors (Lipinski definition) is 4. The number of nitrogens with one attached hydrogen (secondary N) is 2. The summed E-state index contributed by atoms with van der Waals surface area (Å²) in [6, 6.07) is 3.56. The van der Waals surface area contributed by atoms with Crippen LogP contribution in [0.2, 0.25) is 20.1 Å². The number of Topliss-reactive ketones (excluding diaryl/α,β-unsaturated/α-hetero) is 2. The molecule has 0 bridgehead atoms. The Labute approximate surface area is 319 Å². The van der Waals surface area contributed by atoms with Crippen LogP contribution in [0.15, 0.2) is 12.1 Å². The molecule has 2 unspecified atom stereocenters. The molecule has 0 heterocycles. The first kappa shape index (κ1) is 43.2. The Morgan fingerprint density at radius 2 is 1.00 bits per heavy atom. The number of fused-ring (bicyclic) bond motifs is 2. The number of halogens is 6. The molecule has 2 saturated carbocycles. The molecule has 9 nitrogen and oxygen atoms in total. The first-order valence-electron chi connectivity index (χ1n) is 15.7. The van der Waals surface area contributed by atoms with Crippen molar-refractivity contribution in [2.24, 2.45) is 34.1 Å². The van der Waals surface area contributed by atoms with E-state index in [2.05, 4.69) is 0 Å². The summed E-state index contributed by atoms with van der Waals surface area (Å²) in [6.45, 7) is 3.99. The Morgan fingerprint density at radius 1 is 0.694 bits per heavy atom. The van der Waals surface area contributed by atoms with Gasteiger partial charge in [-0.3, -0.25) is 20.4 Å². The monoisotopic (exact) mass is 798 g/mol. The normalized spacial score (nSPS) is 22.6. The molecule has 2 aromatic carbocycles. The fourth-order valence-corrected chi connectivity index (χ4v) is 8.91. The van der Waals surface area contributed by atoms with E-state index in [0.29, 0.717) is 47.3 Å². The topological polar surface area (TPSA) is 184 Å². The summed E-state index contributed by atoms with van der Waals surface area (Å²) in [6.07, 6.45) is 10.4. The second-order valence-corrected chi connectivity index (χ2v) is 15.0. The minimum atomic E-state index is -0.398. The van der Waals surface area contributed by atoms with Crippen molar-refractivity contribution in [3.63, 3.8) is 0 Å². The van der Waals surface area contributed by atoms with E-state index in [1.165, 1.54) is 25.7 Å². The third-order valence-electron chi connectivity index (χ3n) is 10.4. The lowest BCUT2D eigenvalue weighted by atomic mass is 9.73. The first-order valence-corrected chi connectivity index (χ1v) is 17.2. The van der Waals surface area contributed by atoms with Gasteiger partial charge in [-0.1, -0.05) is 85.9 Å². The zero-order valence-corrected chi connectivity index (χ0v) is 32.1. The highest BCUT2D eigenvalue weighted by Gasteiger charge is 2.50.